The molecule has 0 fully saturated rings. The van der Waals surface area contributed by atoms with Crippen molar-refractivity contribution >= 4 is 11.8 Å². The van der Waals surface area contributed by atoms with E-state index in [0.29, 0.717) is 17.9 Å². The minimum absolute atomic E-state index is 0.0508. The molecule has 1 rings (SSSR count). The van der Waals surface area contributed by atoms with Crippen molar-refractivity contribution in [3.8, 4) is 5.75 Å². The number of amides is 2. The van der Waals surface area contributed by atoms with Gasteiger partial charge in [-0.15, -0.1) is 0 Å². The topological polar surface area (TPSA) is 67.4 Å². The smallest absolute Gasteiger partial charge is 0.251 e. The lowest BCUT2D eigenvalue weighted by atomic mass is 10.1. The predicted molar refractivity (Wildman–Crippen MR) is 82.4 cm³/mol. The Morgan fingerprint density at radius 3 is 2.38 bits per heavy atom. The van der Waals surface area contributed by atoms with E-state index in [4.69, 9.17) is 4.74 Å². The van der Waals surface area contributed by atoms with Gasteiger partial charge in [-0.25, -0.2) is 0 Å². The van der Waals surface area contributed by atoms with Gasteiger partial charge in [-0.3, -0.25) is 9.59 Å². The minimum atomic E-state index is -0.314. The Balaban J connectivity index is 2.48. The molecular weight excluding hydrogens is 268 g/mol. The Kier molecular flexibility index (Phi) is 5.96. The third-order valence-corrected chi connectivity index (χ3v) is 2.41. The molecule has 0 saturated heterocycles. The summed E-state index contributed by atoms with van der Waals surface area (Å²) in [6, 6.07) is 6.70. The molecule has 1 aromatic carbocycles. The van der Waals surface area contributed by atoms with Gasteiger partial charge in [0.1, 0.15) is 12.4 Å². The Morgan fingerprint density at radius 2 is 1.86 bits per heavy atom. The highest BCUT2D eigenvalue weighted by molar-refractivity contribution is 5.96. The summed E-state index contributed by atoms with van der Waals surface area (Å²) in [5, 5.41) is 5.35. The van der Waals surface area contributed by atoms with Crippen LogP contribution < -0.4 is 15.4 Å². The quantitative estimate of drug-likeness (QED) is 0.786. The van der Waals surface area contributed by atoms with Crippen molar-refractivity contribution < 1.29 is 14.3 Å². The number of hydrogen-bond donors (Lipinski definition) is 2. The van der Waals surface area contributed by atoms with Gasteiger partial charge < -0.3 is 15.4 Å². The molecule has 0 aromatic heterocycles. The Bertz CT molecular complexity index is 501. The largest absolute Gasteiger partial charge is 0.490 e. The monoisotopic (exact) mass is 290 g/mol. The summed E-state index contributed by atoms with van der Waals surface area (Å²) in [7, 11) is 0. The zero-order chi connectivity index (χ0) is 15.9. The van der Waals surface area contributed by atoms with E-state index in [1.165, 1.54) is 0 Å². The average molecular weight is 290 g/mol. The molecule has 0 unspecified atom stereocenters. The van der Waals surface area contributed by atoms with Crippen molar-refractivity contribution in [1.82, 2.24) is 10.6 Å². The summed E-state index contributed by atoms with van der Waals surface area (Å²) in [5.74, 6) is 0.146. The van der Waals surface area contributed by atoms with Gasteiger partial charge >= 0.3 is 0 Å². The van der Waals surface area contributed by atoms with Crippen molar-refractivity contribution in [2.45, 2.75) is 26.3 Å². The lowest BCUT2D eigenvalue weighted by Crippen LogP contribution is -2.45. The molecule has 0 bridgehead atoms. The molecule has 5 heteroatoms. The molecule has 0 spiro atoms. The second kappa shape index (κ2) is 7.47. The number of rotatable bonds is 6. The fraction of sp³-hybridized carbons (Fsp3) is 0.375. The van der Waals surface area contributed by atoms with Gasteiger partial charge in [0, 0.05) is 11.1 Å². The fourth-order valence-corrected chi connectivity index (χ4v) is 1.58. The van der Waals surface area contributed by atoms with Crippen molar-refractivity contribution in [1.29, 1.82) is 0 Å². The fourth-order valence-electron chi connectivity index (χ4n) is 1.58. The van der Waals surface area contributed by atoms with Crippen LogP contribution in [0.3, 0.4) is 0 Å². The van der Waals surface area contributed by atoms with Crippen LogP contribution in [-0.2, 0) is 4.79 Å². The summed E-state index contributed by atoms with van der Waals surface area (Å²) < 4.78 is 5.33. The standard InChI is InChI=1S/C16H22N2O3/c1-5-10-21-13-8-6-12(7-9-13)15(20)17-11-14(19)18-16(2,3)4/h5-9H,1,10-11H2,2-4H3,(H,17,20)(H,18,19). The molecule has 0 radical (unpaired) electrons. The van der Waals surface area contributed by atoms with E-state index in [-0.39, 0.29) is 23.9 Å². The zero-order valence-electron chi connectivity index (χ0n) is 12.7. The van der Waals surface area contributed by atoms with Crippen LogP contribution >= 0.6 is 0 Å². The summed E-state index contributed by atoms with van der Waals surface area (Å²) in [4.78, 5) is 23.5. The van der Waals surface area contributed by atoms with E-state index in [2.05, 4.69) is 17.2 Å². The second-order valence-corrected chi connectivity index (χ2v) is 5.60. The molecule has 0 aliphatic carbocycles. The first-order chi connectivity index (χ1) is 9.81. The predicted octanol–water partition coefficient (Wildman–Crippen LogP) is 1.90. The van der Waals surface area contributed by atoms with E-state index < -0.39 is 0 Å². The van der Waals surface area contributed by atoms with Crippen LogP contribution in [0.25, 0.3) is 0 Å². The van der Waals surface area contributed by atoms with Crippen molar-refractivity contribution in [3.63, 3.8) is 0 Å². The molecular formula is C16H22N2O3. The molecule has 21 heavy (non-hydrogen) atoms. The molecule has 114 valence electrons. The number of nitrogens with one attached hydrogen (secondary N) is 2. The SMILES string of the molecule is C=CCOc1ccc(C(=O)NCC(=O)NC(C)(C)C)cc1. The lowest BCUT2D eigenvalue weighted by molar-refractivity contribution is -0.121. The Morgan fingerprint density at radius 1 is 1.24 bits per heavy atom. The highest BCUT2D eigenvalue weighted by Gasteiger charge is 2.14. The van der Waals surface area contributed by atoms with Gasteiger partial charge in [0.15, 0.2) is 0 Å². The van der Waals surface area contributed by atoms with Crippen LogP contribution in [0.4, 0.5) is 0 Å². The van der Waals surface area contributed by atoms with Gasteiger partial charge in [0.05, 0.1) is 6.54 Å². The maximum absolute atomic E-state index is 11.9. The minimum Gasteiger partial charge on any atom is -0.490 e. The average Bonchev–Trinajstić information content (AvgIpc) is 2.41. The first-order valence-electron chi connectivity index (χ1n) is 6.75. The number of ether oxygens (including phenoxy) is 1. The van der Waals surface area contributed by atoms with Crippen LogP contribution in [0, 0.1) is 0 Å². The highest BCUT2D eigenvalue weighted by atomic mass is 16.5. The van der Waals surface area contributed by atoms with Crippen LogP contribution in [0.2, 0.25) is 0 Å². The van der Waals surface area contributed by atoms with Gasteiger partial charge in [-0.2, -0.15) is 0 Å². The Hall–Kier alpha value is -2.30. The second-order valence-electron chi connectivity index (χ2n) is 5.60. The normalized spacial score (nSPS) is 10.6. The van der Waals surface area contributed by atoms with Crippen LogP contribution in [0.1, 0.15) is 31.1 Å². The first-order valence-corrected chi connectivity index (χ1v) is 6.75. The molecule has 2 N–H and O–H groups in total. The maximum Gasteiger partial charge on any atom is 0.251 e. The molecule has 0 atom stereocenters. The van der Waals surface area contributed by atoms with Crippen LogP contribution in [0.5, 0.6) is 5.75 Å². The van der Waals surface area contributed by atoms with Gasteiger partial charge in [-0.05, 0) is 45.0 Å². The molecule has 0 heterocycles. The van der Waals surface area contributed by atoms with Crippen molar-refractivity contribution in [3.05, 3.63) is 42.5 Å². The number of carbonyl (C=O) groups is 2. The van der Waals surface area contributed by atoms with Gasteiger partial charge in [-0.1, -0.05) is 12.7 Å². The summed E-state index contributed by atoms with van der Waals surface area (Å²) in [6.07, 6.45) is 1.65. The van der Waals surface area contributed by atoms with E-state index in [1.54, 1.807) is 30.3 Å². The van der Waals surface area contributed by atoms with Crippen molar-refractivity contribution in [2.24, 2.45) is 0 Å². The number of hydrogen-bond acceptors (Lipinski definition) is 3. The summed E-state index contributed by atoms with van der Waals surface area (Å²) in [6.45, 7) is 9.58. The third-order valence-electron chi connectivity index (χ3n) is 2.41. The molecule has 5 nitrogen and oxygen atoms in total. The third kappa shape index (κ3) is 6.61. The number of benzene rings is 1. The first kappa shape index (κ1) is 16.8. The molecule has 1 aromatic rings. The van der Waals surface area contributed by atoms with Crippen molar-refractivity contribution in [2.75, 3.05) is 13.2 Å². The molecule has 0 aliphatic rings. The van der Waals surface area contributed by atoms with Crippen LogP contribution in [0.15, 0.2) is 36.9 Å². The maximum atomic E-state index is 11.9. The lowest BCUT2D eigenvalue weighted by Gasteiger charge is -2.20. The summed E-state index contributed by atoms with van der Waals surface area (Å²) in [5.41, 5.74) is 0.163. The molecule has 0 aliphatic heterocycles. The Labute approximate surface area is 125 Å². The molecule has 2 amide bonds. The van der Waals surface area contributed by atoms with Crippen LogP contribution in [-0.4, -0.2) is 30.5 Å². The number of carbonyl (C=O) groups excluding carboxylic acids is 2. The molecule has 0 saturated carbocycles. The van der Waals surface area contributed by atoms with E-state index in [1.807, 2.05) is 20.8 Å². The van der Waals surface area contributed by atoms with Gasteiger partial charge in [0.25, 0.3) is 5.91 Å². The van der Waals surface area contributed by atoms with E-state index in [9.17, 15) is 9.59 Å². The summed E-state index contributed by atoms with van der Waals surface area (Å²) >= 11 is 0. The van der Waals surface area contributed by atoms with Gasteiger partial charge in [0.2, 0.25) is 5.91 Å². The zero-order valence-corrected chi connectivity index (χ0v) is 12.7. The van der Waals surface area contributed by atoms with E-state index >= 15 is 0 Å². The highest BCUT2D eigenvalue weighted by Crippen LogP contribution is 2.12. The van der Waals surface area contributed by atoms with E-state index in [0.717, 1.165) is 0 Å².